The van der Waals surface area contributed by atoms with Crippen LogP contribution < -0.4 is 0 Å². The van der Waals surface area contributed by atoms with E-state index in [1.54, 1.807) is 36.4 Å². The molecule has 1 amide bonds. The van der Waals surface area contributed by atoms with Crippen molar-refractivity contribution in [3.8, 4) is 0 Å². The number of nitrogens with zero attached hydrogens (tertiary/aromatic N) is 1. The number of carbonyl (C=O) groups excluding carboxylic acids is 2. The summed E-state index contributed by atoms with van der Waals surface area (Å²) in [7, 11) is -3.73. The van der Waals surface area contributed by atoms with Gasteiger partial charge >= 0.3 is 0 Å². The number of rotatable bonds is 5. The monoisotopic (exact) mass is 421 g/mol. The first-order valence-electron chi connectivity index (χ1n) is 8.02. The van der Waals surface area contributed by atoms with Gasteiger partial charge in [-0.15, -0.1) is 0 Å². The fourth-order valence-corrected chi connectivity index (χ4v) is 5.05. The van der Waals surface area contributed by atoms with Crippen molar-refractivity contribution in [2.75, 3.05) is 12.3 Å². The Bertz CT molecular complexity index is 1010. The van der Waals surface area contributed by atoms with Crippen LogP contribution in [0.3, 0.4) is 0 Å². The molecule has 0 spiro atoms. The maximum Gasteiger partial charge on any atom is 0.238 e. The predicted octanol–water partition coefficient (Wildman–Crippen LogP) is 3.68. The summed E-state index contributed by atoms with van der Waals surface area (Å²) in [5.41, 5.74) is 1.35. The molecular formula is C19H16ClNO4S2. The van der Waals surface area contributed by atoms with Crippen molar-refractivity contribution in [2.24, 2.45) is 0 Å². The SMILES string of the molecule is Cc1ccc(S(=O)(=O)/C=C2\SCC(=O)N2CC(=O)c2ccc(Cl)cc2)cc1. The molecule has 0 aromatic heterocycles. The Morgan fingerprint density at radius 1 is 1.15 bits per heavy atom. The molecular weight excluding hydrogens is 406 g/mol. The molecule has 8 heteroatoms. The Morgan fingerprint density at radius 2 is 1.78 bits per heavy atom. The van der Waals surface area contributed by atoms with Crippen molar-refractivity contribution in [2.45, 2.75) is 11.8 Å². The first kappa shape index (κ1) is 19.7. The number of aryl methyl sites for hydroxylation is 1. The molecule has 0 aliphatic carbocycles. The molecule has 1 fully saturated rings. The van der Waals surface area contributed by atoms with Crippen molar-refractivity contribution in [1.29, 1.82) is 0 Å². The van der Waals surface area contributed by atoms with Crippen LogP contribution in [0.15, 0.2) is 63.9 Å². The Morgan fingerprint density at radius 3 is 2.41 bits per heavy atom. The Hall–Kier alpha value is -2.09. The highest BCUT2D eigenvalue weighted by Gasteiger charge is 2.30. The summed E-state index contributed by atoms with van der Waals surface area (Å²) in [6.07, 6.45) is 0. The Balaban J connectivity index is 1.85. The van der Waals surface area contributed by atoms with Crippen molar-refractivity contribution >= 4 is 44.9 Å². The zero-order chi connectivity index (χ0) is 19.6. The molecule has 1 heterocycles. The third kappa shape index (κ3) is 4.61. The second-order valence-corrected chi connectivity index (χ2v) is 9.24. The number of sulfone groups is 1. The van der Waals surface area contributed by atoms with Gasteiger partial charge < -0.3 is 0 Å². The summed E-state index contributed by atoms with van der Waals surface area (Å²) in [6, 6.07) is 12.8. The number of carbonyl (C=O) groups is 2. The van der Waals surface area contributed by atoms with E-state index in [0.29, 0.717) is 10.6 Å². The molecule has 27 heavy (non-hydrogen) atoms. The quantitative estimate of drug-likeness (QED) is 0.688. The minimum absolute atomic E-state index is 0.100. The van der Waals surface area contributed by atoms with Crippen molar-refractivity contribution in [3.05, 3.63) is 75.1 Å². The largest absolute Gasteiger partial charge is 0.298 e. The number of halogens is 1. The van der Waals surface area contributed by atoms with Gasteiger partial charge in [0.2, 0.25) is 15.7 Å². The van der Waals surface area contributed by atoms with E-state index in [2.05, 4.69) is 0 Å². The predicted molar refractivity (Wildman–Crippen MR) is 106 cm³/mol. The summed E-state index contributed by atoms with van der Waals surface area (Å²) < 4.78 is 25.2. The molecule has 3 rings (SSSR count). The number of hydrogen-bond donors (Lipinski definition) is 0. The molecule has 0 bridgehead atoms. The highest BCUT2D eigenvalue weighted by atomic mass is 35.5. The number of benzene rings is 2. The molecule has 1 aliphatic rings. The van der Waals surface area contributed by atoms with Crippen molar-refractivity contribution in [1.82, 2.24) is 4.90 Å². The van der Waals surface area contributed by atoms with Crippen LogP contribution in [0.4, 0.5) is 0 Å². The van der Waals surface area contributed by atoms with Crippen LogP contribution in [0.25, 0.3) is 0 Å². The van der Waals surface area contributed by atoms with Crippen LogP contribution in [0.5, 0.6) is 0 Å². The van der Waals surface area contributed by atoms with Crippen LogP contribution in [0, 0.1) is 6.92 Å². The summed E-state index contributed by atoms with van der Waals surface area (Å²) >= 11 is 6.93. The lowest BCUT2D eigenvalue weighted by atomic mass is 10.1. The topological polar surface area (TPSA) is 71.5 Å². The number of ketones is 1. The first-order valence-corrected chi connectivity index (χ1v) is 10.9. The van der Waals surface area contributed by atoms with Gasteiger partial charge in [-0.05, 0) is 43.3 Å². The normalized spacial score (nSPS) is 16.1. The highest BCUT2D eigenvalue weighted by Crippen LogP contribution is 2.31. The number of hydrogen-bond acceptors (Lipinski definition) is 5. The molecule has 140 valence electrons. The molecule has 0 atom stereocenters. The number of amides is 1. The highest BCUT2D eigenvalue weighted by molar-refractivity contribution is 8.05. The minimum atomic E-state index is -3.73. The standard InChI is InChI=1S/C19H16ClNO4S2/c1-13-2-8-16(9-3-13)27(24,25)12-19-21(18(23)11-26-19)10-17(22)14-4-6-15(20)7-5-14/h2-9,12H,10-11H2,1H3/b19-12-. The lowest BCUT2D eigenvalue weighted by Gasteiger charge is -2.16. The van der Waals surface area contributed by atoms with E-state index < -0.39 is 9.84 Å². The molecule has 2 aromatic rings. The molecule has 0 unspecified atom stereocenters. The smallest absolute Gasteiger partial charge is 0.238 e. The van der Waals surface area contributed by atoms with Gasteiger partial charge in [-0.2, -0.15) is 0 Å². The maximum atomic E-state index is 12.6. The fraction of sp³-hybridized carbons (Fsp3) is 0.158. The minimum Gasteiger partial charge on any atom is -0.298 e. The van der Waals surface area contributed by atoms with Gasteiger partial charge in [0.25, 0.3) is 0 Å². The van der Waals surface area contributed by atoms with Crippen molar-refractivity contribution < 1.29 is 18.0 Å². The molecule has 5 nitrogen and oxygen atoms in total. The van der Waals surface area contributed by atoms with E-state index in [-0.39, 0.29) is 33.9 Å². The third-order valence-corrected chi connectivity index (χ3v) is 6.87. The average molecular weight is 422 g/mol. The Labute approximate surface area is 166 Å². The summed E-state index contributed by atoms with van der Waals surface area (Å²) in [4.78, 5) is 26.0. The molecule has 1 aliphatic heterocycles. The number of thioether (sulfide) groups is 1. The average Bonchev–Trinajstić information content (AvgIpc) is 2.95. The molecule has 1 saturated heterocycles. The van der Waals surface area contributed by atoms with Gasteiger partial charge in [0.05, 0.1) is 27.6 Å². The van der Waals surface area contributed by atoms with Crippen molar-refractivity contribution in [3.63, 3.8) is 0 Å². The lowest BCUT2D eigenvalue weighted by Crippen LogP contribution is -2.30. The van der Waals surface area contributed by atoms with Crippen LogP contribution in [0.1, 0.15) is 15.9 Å². The summed E-state index contributed by atoms with van der Waals surface area (Å²) in [5, 5.41) is 1.81. The van der Waals surface area contributed by atoms with E-state index in [0.717, 1.165) is 22.7 Å². The second kappa shape index (κ2) is 7.88. The van der Waals surface area contributed by atoms with Gasteiger partial charge in [0.15, 0.2) is 5.78 Å². The van der Waals surface area contributed by atoms with Gasteiger partial charge in [0, 0.05) is 10.6 Å². The van der Waals surface area contributed by atoms with Crippen LogP contribution in [0.2, 0.25) is 5.02 Å². The molecule has 0 radical (unpaired) electrons. The van der Waals surface area contributed by atoms with E-state index >= 15 is 0 Å². The van der Waals surface area contributed by atoms with Gasteiger partial charge in [-0.25, -0.2) is 8.42 Å². The van der Waals surface area contributed by atoms with Gasteiger partial charge in [0.1, 0.15) is 0 Å². The number of Topliss-reactive ketones (excluding diaryl/α,β-unsaturated/α-hetero) is 1. The second-order valence-electron chi connectivity index (χ2n) is 6.01. The van der Waals surface area contributed by atoms with Crippen LogP contribution >= 0.6 is 23.4 Å². The van der Waals surface area contributed by atoms with E-state index in [1.807, 2.05) is 6.92 Å². The van der Waals surface area contributed by atoms with Gasteiger partial charge in [-0.1, -0.05) is 41.1 Å². The van der Waals surface area contributed by atoms with Gasteiger partial charge in [-0.3, -0.25) is 14.5 Å². The zero-order valence-electron chi connectivity index (χ0n) is 14.4. The van der Waals surface area contributed by atoms with Crippen LogP contribution in [-0.4, -0.2) is 37.3 Å². The maximum absolute atomic E-state index is 12.6. The molecule has 2 aromatic carbocycles. The zero-order valence-corrected chi connectivity index (χ0v) is 16.8. The summed E-state index contributed by atoms with van der Waals surface area (Å²) in [5.74, 6) is -0.489. The van der Waals surface area contributed by atoms with E-state index in [4.69, 9.17) is 11.6 Å². The van der Waals surface area contributed by atoms with E-state index in [1.165, 1.54) is 17.0 Å². The third-order valence-electron chi connectivity index (χ3n) is 3.98. The lowest BCUT2D eigenvalue weighted by molar-refractivity contribution is -0.125. The fourth-order valence-electron chi connectivity index (χ4n) is 2.48. The van der Waals surface area contributed by atoms with Crippen LogP contribution in [-0.2, 0) is 14.6 Å². The Kier molecular flexibility index (Phi) is 5.74. The first-order chi connectivity index (χ1) is 12.8. The molecule has 0 saturated carbocycles. The van der Waals surface area contributed by atoms with E-state index in [9.17, 15) is 18.0 Å². The molecule has 0 N–H and O–H groups in total. The summed E-state index contributed by atoms with van der Waals surface area (Å²) in [6.45, 7) is 1.65.